The number of hydrogen-bond donors (Lipinski definition) is 0. The van der Waals surface area contributed by atoms with Crippen molar-refractivity contribution >= 4 is 11.8 Å². The molecule has 0 aliphatic rings. The second kappa shape index (κ2) is 5.50. The quantitative estimate of drug-likeness (QED) is 0.688. The molecule has 2 nitrogen and oxygen atoms in total. The molecule has 0 heterocycles. The van der Waals surface area contributed by atoms with Gasteiger partial charge in [0, 0.05) is 5.75 Å². The van der Waals surface area contributed by atoms with E-state index in [1.165, 1.54) is 0 Å². The summed E-state index contributed by atoms with van der Waals surface area (Å²) >= 11 is 1.75. The number of nitrogens with zero attached hydrogens (tertiary/aromatic N) is 1. The molecule has 0 radical (unpaired) electrons. The zero-order valence-corrected chi connectivity index (χ0v) is 8.30. The molecule has 1 aromatic carbocycles. The first-order valence-corrected chi connectivity index (χ1v) is 5.38. The molecule has 0 aromatic heterocycles. The molecule has 1 aromatic rings. The minimum atomic E-state index is 0.664. The Kier molecular flexibility index (Phi) is 4.20. The van der Waals surface area contributed by atoms with E-state index in [0.717, 1.165) is 11.5 Å². The second-order valence-corrected chi connectivity index (χ2v) is 3.46. The Balaban J connectivity index is 2.46. The summed E-state index contributed by atoms with van der Waals surface area (Å²) in [5, 5.41) is 8.55. The van der Waals surface area contributed by atoms with Crippen LogP contribution < -0.4 is 4.74 Å². The van der Waals surface area contributed by atoms with Crippen LogP contribution >= 0.6 is 11.8 Å². The Morgan fingerprint density at radius 3 is 2.62 bits per heavy atom. The van der Waals surface area contributed by atoms with Crippen molar-refractivity contribution in [3.63, 3.8) is 0 Å². The summed E-state index contributed by atoms with van der Waals surface area (Å²) in [5.74, 6) is 1.81. The molecular formula is C10H11NOS. The lowest BCUT2D eigenvalue weighted by Crippen LogP contribution is -1.99. The van der Waals surface area contributed by atoms with Crippen molar-refractivity contribution in [2.45, 2.75) is 0 Å². The zero-order valence-electron chi connectivity index (χ0n) is 7.49. The molecule has 13 heavy (non-hydrogen) atoms. The van der Waals surface area contributed by atoms with Crippen LogP contribution in [0.2, 0.25) is 0 Å². The van der Waals surface area contributed by atoms with Crippen LogP contribution in [-0.4, -0.2) is 18.6 Å². The van der Waals surface area contributed by atoms with E-state index in [2.05, 4.69) is 6.07 Å². The maximum absolute atomic E-state index is 8.55. The van der Waals surface area contributed by atoms with Crippen LogP contribution in [0.5, 0.6) is 5.75 Å². The number of thioether (sulfide) groups is 1. The molecule has 3 heteroatoms. The molecule has 0 saturated heterocycles. The molecule has 0 saturated carbocycles. The van der Waals surface area contributed by atoms with E-state index in [0.29, 0.717) is 12.2 Å². The fourth-order valence-electron chi connectivity index (χ4n) is 0.869. The smallest absolute Gasteiger partial charge is 0.119 e. The standard InChI is InChI=1S/C10H11NOS/c1-13-7-6-12-10-4-2-9(8-11)3-5-10/h2-5H,6-7H2,1H3. The third-order valence-electron chi connectivity index (χ3n) is 1.54. The highest BCUT2D eigenvalue weighted by Crippen LogP contribution is 2.11. The van der Waals surface area contributed by atoms with Gasteiger partial charge in [0.15, 0.2) is 0 Å². The summed E-state index contributed by atoms with van der Waals surface area (Å²) < 4.78 is 5.42. The van der Waals surface area contributed by atoms with E-state index in [1.807, 2.05) is 18.4 Å². The summed E-state index contributed by atoms with van der Waals surface area (Å²) in [4.78, 5) is 0. The van der Waals surface area contributed by atoms with Crippen molar-refractivity contribution in [1.82, 2.24) is 0 Å². The van der Waals surface area contributed by atoms with E-state index in [-0.39, 0.29) is 0 Å². The van der Waals surface area contributed by atoms with Gasteiger partial charge >= 0.3 is 0 Å². The fourth-order valence-corrected chi connectivity index (χ4v) is 1.12. The first-order valence-electron chi connectivity index (χ1n) is 3.98. The van der Waals surface area contributed by atoms with Crippen LogP contribution in [0.15, 0.2) is 24.3 Å². The molecule has 0 fully saturated rings. The normalized spacial score (nSPS) is 9.23. The van der Waals surface area contributed by atoms with Gasteiger partial charge in [-0.15, -0.1) is 0 Å². The predicted octanol–water partition coefficient (Wildman–Crippen LogP) is 2.30. The van der Waals surface area contributed by atoms with Crippen molar-refractivity contribution in [3.8, 4) is 11.8 Å². The number of benzene rings is 1. The molecule has 0 amide bonds. The lowest BCUT2D eigenvalue weighted by molar-refractivity contribution is 0.344. The largest absolute Gasteiger partial charge is 0.493 e. The van der Waals surface area contributed by atoms with Gasteiger partial charge in [-0.3, -0.25) is 0 Å². The van der Waals surface area contributed by atoms with E-state index >= 15 is 0 Å². The van der Waals surface area contributed by atoms with E-state index in [1.54, 1.807) is 23.9 Å². The minimum Gasteiger partial charge on any atom is -0.493 e. The summed E-state index contributed by atoms with van der Waals surface area (Å²) in [5.41, 5.74) is 0.664. The third kappa shape index (κ3) is 3.39. The maximum Gasteiger partial charge on any atom is 0.119 e. The Morgan fingerprint density at radius 1 is 1.38 bits per heavy atom. The number of ether oxygens (including phenoxy) is 1. The Labute approximate surface area is 82.5 Å². The minimum absolute atomic E-state index is 0.664. The van der Waals surface area contributed by atoms with Gasteiger partial charge in [-0.2, -0.15) is 17.0 Å². The molecule has 0 unspecified atom stereocenters. The lowest BCUT2D eigenvalue weighted by Gasteiger charge is -2.03. The van der Waals surface area contributed by atoms with Crippen molar-refractivity contribution in [2.75, 3.05) is 18.6 Å². The fraction of sp³-hybridized carbons (Fsp3) is 0.300. The second-order valence-electron chi connectivity index (χ2n) is 2.48. The van der Waals surface area contributed by atoms with Gasteiger partial charge < -0.3 is 4.74 Å². The molecule has 0 N–H and O–H groups in total. The van der Waals surface area contributed by atoms with Gasteiger partial charge in [0.05, 0.1) is 18.2 Å². The molecule has 0 aliphatic heterocycles. The highest BCUT2D eigenvalue weighted by Gasteiger charge is 1.93. The maximum atomic E-state index is 8.55. The molecule has 1 rings (SSSR count). The molecule has 0 atom stereocenters. The van der Waals surface area contributed by atoms with Gasteiger partial charge in [-0.25, -0.2) is 0 Å². The summed E-state index contributed by atoms with van der Waals surface area (Å²) in [6, 6.07) is 9.22. The summed E-state index contributed by atoms with van der Waals surface area (Å²) in [7, 11) is 0. The average Bonchev–Trinajstić information content (AvgIpc) is 2.19. The molecule has 0 bridgehead atoms. The highest BCUT2D eigenvalue weighted by atomic mass is 32.2. The van der Waals surface area contributed by atoms with E-state index in [4.69, 9.17) is 10.00 Å². The SMILES string of the molecule is CSCCOc1ccc(C#N)cc1. The Hall–Kier alpha value is -1.14. The zero-order chi connectivity index (χ0) is 9.52. The summed E-state index contributed by atoms with van der Waals surface area (Å²) in [6.45, 7) is 0.715. The molecular weight excluding hydrogens is 182 g/mol. The summed E-state index contributed by atoms with van der Waals surface area (Å²) in [6.07, 6.45) is 2.04. The van der Waals surface area contributed by atoms with Crippen molar-refractivity contribution < 1.29 is 4.74 Å². The van der Waals surface area contributed by atoms with Crippen LogP contribution in [0, 0.1) is 11.3 Å². The van der Waals surface area contributed by atoms with Crippen LogP contribution in [-0.2, 0) is 0 Å². The van der Waals surface area contributed by atoms with Crippen LogP contribution in [0.4, 0.5) is 0 Å². The monoisotopic (exact) mass is 193 g/mol. The highest BCUT2D eigenvalue weighted by molar-refractivity contribution is 7.98. The molecule has 68 valence electrons. The van der Waals surface area contributed by atoms with Crippen LogP contribution in [0.25, 0.3) is 0 Å². The van der Waals surface area contributed by atoms with E-state index < -0.39 is 0 Å². The number of rotatable bonds is 4. The molecule has 0 aliphatic carbocycles. The topological polar surface area (TPSA) is 33.0 Å². The van der Waals surface area contributed by atoms with Gasteiger partial charge in [0.25, 0.3) is 0 Å². The third-order valence-corrected chi connectivity index (χ3v) is 2.11. The first kappa shape index (κ1) is 9.94. The van der Waals surface area contributed by atoms with Crippen molar-refractivity contribution in [2.24, 2.45) is 0 Å². The van der Waals surface area contributed by atoms with Gasteiger partial charge in [0.2, 0.25) is 0 Å². The van der Waals surface area contributed by atoms with Crippen molar-refractivity contribution in [3.05, 3.63) is 29.8 Å². The Bertz CT molecular complexity index is 289. The first-order chi connectivity index (χ1) is 6.36. The molecule has 0 spiro atoms. The van der Waals surface area contributed by atoms with Gasteiger partial charge in [-0.1, -0.05) is 0 Å². The lowest BCUT2D eigenvalue weighted by atomic mass is 10.2. The number of nitriles is 1. The average molecular weight is 193 g/mol. The van der Waals surface area contributed by atoms with E-state index in [9.17, 15) is 0 Å². The van der Waals surface area contributed by atoms with Gasteiger partial charge in [0.1, 0.15) is 5.75 Å². The van der Waals surface area contributed by atoms with Crippen LogP contribution in [0.1, 0.15) is 5.56 Å². The van der Waals surface area contributed by atoms with Gasteiger partial charge in [-0.05, 0) is 30.5 Å². The number of hydrogen-bond acceptors (Lipinski definition) is 3. The van der Waals surface area contributed by atoms with Crippen LogP contribution in [0.3, 0.4) is 0 Å². The van der Waals surface area contributed by atoms with Crippen molar-refractivity contribution in [1.29, 1.82) is 5.26 Å². The predicted molar refractivity (Wildman–Crippen MR) is 55.0 cm³/mol. The Morgan fingerprint density at radius 2 is 2.08 bits per heavy atom.